The minimum atomic E-state index is -3.23. The summed E-state index contributed by atoms with van der Waals surface area (Å²) in [6, 6.07) is -0.0448. The molecular weight excluding hydrogens is 230 g/mol. The molecule has 2 atom stereocenters. The molecule has 2 rings (SSSR count). The second kappa shape index (κ2) is 4.68. The van der Waals surface area contributed by atoms with E-state index in [1.54, 1.807) is 0 Å². The molecule has 2 aliphatic heterocycles. The monoisotopic (exact) mass is 247 g/mol. The molecule has 0 radical (unpaired) electrons. The number of hydrogen-bond donors (Lipinski definition) is 3. The summed E-state index contributed by atoms with van der Waals surface area (Å²) < 4.78 is 26.2. The van der Waals surface area contributed by atoms with Crippen molar-refractivity contribution in [3.05, 3.63) is 0 Å². The Bertz CT molecular complexity index is 362. The van der Waals surface area contributed by atoms with Gasteiger partial charge in [0.1, 0.15) is 0 Å². The van der Waals surface area contributed by atoms with E-state index in [4.69, 9.17) is 0 Å². The molecule has 2 saturated heterocycles. The number of rotatable bonds is 4. The lowest BCUT2D eigenvalue weighted by atomic mass is 10.2. The molecule has 0 aromatic rings. The number of hydrogen-bond acceptors (Lipinski definition) is 4. The topological polar surface area (TPSA) is 87.3 Å². The van der Waals surface area contributed by atoms with Crippen LogP contribution in [-0.4, -0.2) is 45.3 Å². The normalized spacial score (nSPS) is 30.6. The van der Waals surface area contributed by atoms with Crippen molar-refractivity contribution < 1.29 is 13.2 Å². The zero-order chi connectivity index (χ0) is 11.6. The number of carbonyl (C=O) groups excluding carboxylic acids is 1. The molecule has 7 heteroatoms. The van der Waals surface area contributed by atoms with Gasteiger partial charge in [0, 0.05) is 25.6 Å². The van der Waals surface area contributed by atoms with Crippen molar-refractivity contribution >= 4 is 15.9 Å². The van der Waals surface area contributed by atoms with E-state index in [2.05, 4.69) is 15.4 Å². The maximum atomic E-state index is 11.8. The van der Waals surface area contributed by atoms with E-state index >= 15 is 0 Å². The Morgan fingerprint density at radius 1 is 1.38 bits per heavy atom. The lowest BCUT2D eigenvalue weighted by Crippen LogP contribution is -2.42. The van der Waals surface area contributed by atoms with Gasteiger partial charge >= 0.3 is 0 Å². The predicted molar refractivity (Wildman–Crippen MR) is 59.4 cm³/mol. The largest absolute Gasteiger partial charge is 0.352 e. The van der Waals surface area contributed by atoms with Gasteiger partial charge in [0.05, 0.1) is 5.25 Å². The third-order valence-electron chi connectivity index (χ3n) is 3.07. The molecule has 2 fully saturated rings. The van der Waals surface area contributed by atoms with Crippen molar-refractivity contribution in [3.8, 4) is 0 Å². The van der Waals surface area contributed by atoms with E-state index in [0.29, 0.717) is 32.4 Å². The Kier molecular flexibility index (Phi) is 3.46. The van der Waals surface area contributed by atoms with Gasteiger partial charge in [0.25, 0.3) is 0 Å². The summed E-state index contributed by atoms with van der Waals surface area (Å²) >= 11 is 0. The molecule has 0 spiro atoms. The average molecular weight is 247 g/mol. The molecule has 6 nitrogen and oxygen atoms in total. The first kappa shape index (κ1) is 11.8. The molecule has 0 bridgehead atoms. The van der Waals surface area contributed by atoms with Crippen LogP contribution in [0.4, 0.5) is 0 Å². The zero-order valence-corrected chi connectivity index (χ0v) is 9.85. The molecule has 16 heavy (non-hydrogen) atoms. The van der Waals surface area contributed by atoms with Crippen molar-refractivity contribution in [2.45, 2.75) is 30.6 Å². The standard InChI is InChI=1S/C9H17N3O3S/c13-9-2-1-7(12-9)5-11-16(14,15)8-3-4-10-6-8/h7-8,10-11H,1-6H2,(H,12,13). The highest BCUT2D eigenvalue weighted by atomic mass is 32.2. The Balaban J connectivity index is 1.82. The molecule has 92 valence electrons. The Labute approximate surface area is 95.2 Å². The fraction of sp³-hybridized carbons (Fsp3) is 0.889. The van der Waals surface area contributed by atoms with Gasteiger partial charge in [-0.3, -0.25) is 4.79 Å². The van der Waals surface area contributed by atoms with Crippen molar-refractivity contribution in [1.29, 1.82) is 0 Å². The van der Waals surface area contributed by atoms with E-state index in [1.165, 1.54) is 0 Å². The van der Waals surface area contributed by atoms with Crippen molar-refractivity contribution in [1.82, 2.24) is 15.4 Å². The molecule has 0 aromatic heterocycles. The van der Waals surface area contributed by atoms with Crippen molar-refractivity contribution in [2.24, 2.45) is 0 Å². The number of sulfonamides is 1. The molecule has 0 aliphatic carbocycles. The van der Waals surface area contributed by atoms with Crippen LogP contribution in [0.25, 0.3) is 0 Å². The Morgan fingerprint density at radius 3 is 2.75 bits per heavy atom. The van der Waals surface area contributed by atoms with Gasteiger partial charge in [0.15, 0.2) is 0 Å². The minimum Gasteiger partial charge on any atom is -0.352 e. The molecule has 2 unspecified atom stereocenters. The lowest BCUT2D eigenvalue weighted by Gasteiger charge is -2.15. The third-order valence-corrected chi connectivity index (χ3v) is 4.92. The highest BCUT2D eigenvalue weighted by Gasteiger charge is 2.30. The maximum absolute atomic E-state index is 11.8. The van der Waals surface area contributed by atoms with Crippen LogP contribution in [0.5, 0.6) is 0 Å². The highest BCUT2D eigenvalue weighted by molar-refractivity contribution is 7.90. The summed E-state index contributed by atoms with van der Waals surface area (Å²) in [7, 11) is -3.23. The van der Waals surface area contributed by atoms with Gasteiger partial charge in [-0.15, -0.1) is 0 Å². The van der Waals surface area contributed by atoms with Crippen molar-refractivity contribution in [2.75, 3.05) is 19.6 Å². The van der Waals surface area contributed by atoms with E-state index in [9.17, 15) is 13.2 Å². The molecular formula is C9H17N3O3S. The van der Waals surface area contributed by atoms with Crippen LogP contribution in [0.3, 0.4) is 0 Å². The summed E-state index contributed by atoms with van der Waals surface area (Å²) in [5.74, 6) is 0.00623. The average Bonchev–Trinajstić information content (AvgIpc) is 2.85. The molecule has 0 aromatic carbocycles. The fourth-order valence-corrected chi connectivity index (χ4v) is 3.49. The minimum absolute atomic E-state index is 0.00623. The van der Waals surface area contributed by atoms with Gasteiger partial charge < -0.3 is 10.6 Å². The molecule has 2 aliphatic rings. The van der Waals surface area contributed by atoms with Crippen molar-refractivity contribution in [3.63, 3.8) is 0 Å². The smallest absolute Gasteiger partial charge is 0.220 e. The van der Waals surface area contributed by atoms with Crippen LogP contribution in [0, 0.1) is 0 Å². The van der Waals surface area contributed by atoms with Gasteiger partial charge in [-0.05, 0) is 19.4 Å². The summed E-state index contributed by atoms with van der Waals surface area (Å²) in [4.78, 5) is 10.9. The number of nitrogens with one attached hydrogen (secondary N) is 3. The predicted octanol–water partition coefficient (Wildman–Crippen LogP) is -1.45. The zero-order valence-electron chi connectivity index (χ0n) is 9.03. The lowest BCUT2D eigenvalue weighted by molar-refractivity contribution is -0.119. The van der Waals surface area contributed by atoms with Crippen LogP contribution < -0.4 is 15.4 Å². The van der Waals surface area contributed by atoms with Gasteiger partial charge in [-0.2, -0.15) is 0 Å². The second-order valence-corrected chi connectivity index (χ2v) is 6.36. The molecule has 2 heterocycles. The summed E-state index contributed by atoms with van der Waals surface area (Å²) in [6.45, 7) is 1.59. The van der Waals surface area contributed by atoms with Crippen LogP contribution >= 0.6 is 0 Å². The van der Waals surface area contributed by atoms with Gasteiger partial charge in [-0.1, -0.05) is 0 Å². The molecule has 1 amide bonds. The highest BCUT2D eigenvalue weighted by Crippen LogP contribution is 2.10. The van der Waals surface area contributed by atoms with Crippen LogP contribution in [0.2, 0.25) is 0 Å². The van der Waals surface area contributed by atoms with E-state index in [-0.39, 0.29) is 17.2 Å². The van der Waals surface area contributed by atoms with Crippen LogP contribution in [0.15, 0.2) is 0 Å². The summed E-state index contributed by atoms with van der Waals surface area (Å²) in [5.41, 5.74) is 0. The summed E-state index contributed by atoms with van der Waals surface area (Å²) in [6.07, 6.45) is 1.87. The third kappa shape index (κ3) is 2.72. The first-order valence-corrected chi connectivity index (χ1v) is 7.11. The van der Waals surface area contributed by atoms with E-state index in [1.807, 2.05) is 0 Å². The Hall–Kier alpha value is -0.660. The number of amides is 1. The van der Waals surface area contributed by atoms with E-state index < -0.39 is 10.0 Å². The van der Waals surface area contributed by atoms with Gasteiger partial charge in [0.2, 0.25) is 15.9 Å². The molecule has 3 N–H and O–H groups in total. The summed E-state index contributed by atoms with van der Waals surface area (Å²) in [5, 5.41) is 5.43. The van der Waals surface area contributed by atoms with Crippen LogP contribution in [0.1, 0.15) is 19.3 Å². The quantitative estimate of drug-likeness (QED) is 0.567. The number of carbonyl (C=O) groups is 1. The fourth-order valence-electron chi connectivity index (χ4n) is 2.06. The Morgan fingerprint density at radius 2 is 2.19 bits per heavy atom. The second-order valence-electron chi connectivity index (χ2n) is 4.31. The first-order valence-electron chi connectivity index (χ1n) is 5.56. The van der Waals surface area contributed by atoms with E-state index in [0.717, 1.165) is 6.54 Å². The molecule has 0 saturated carbocycles. The maximum Gasteiger partial charge on any atom is 0.220 e. The van der Waals surface area contributed by atoms with Gasteiger partial charge in [-0.25, -0.2) is 13.1 Å². The SMILES string of the molecule is O=C1CCC(CNS(=O)(=O)C2CCNC2)N1. The first-order chi connectivity index (χ1) is 7.58. The van der Waals surface area contributed by atoms with Crippen LogP contribution in [-0.2, 0) is 14.8 Å².